The van der Waals surface area contributed by atoms with E-state index in [2.05, 4.69) is 19.9 Å². The molecule has 4 rings (SSSR count). The van der Waals surface area contributed by atoms with Gasteiger partial charge in [-0.3, -0.25) is 9.59 Å². The number of hydrogen-bond donors (Lipinski definition) is 2. The number of Topliss-reactive ketones (excluding diaryl/α,β-unsaturated/α-hetero) is 1. The van der Waals surface area contributed by atoms with E-state index in [1.165, 1.54) is 12.8 Å². The lowest BCUT2D eigenvalue weighted by atomic mass is 10.1. The first kappa shape index (κ1) is 15.6. The molecule has 1 aliphatic carbocycles. The van der Waals surface area contributed by atoms with Crippen molar-refractivity contribution in [3.63, 3.8) is 0 Å². The molecule has 128 valence electrons. The Kier molecular flexibility index (Phi) is 3.87. The highest BCUT2D eigenvalue weighted by atomic mass is 16.2. The van der Waals surface area contributed by atoms with Gasteiger partial charge in [0, 0.05) is 48.0 Å². The van der Waals surface area contributed by atoms with Crippen LogP contribution in [0.3, 0.4) is 0 Å². The van der Waals surface area contributed by atoms with Gasteiger partial charge >= 0.3 is 0 Å². The Hall–Kier alpha value is -2.89. The summed E-state index contributed by atoms with van der Waals surface area (Å²) in [6.45, 7) is 2.84. The van der Waals surface area contributed by atoms with Crippen LogP contribution in [-0.2, 0) is 11.3 Å². The number of ketones is 1. The minimum absolute atomic E-state index is 0.405. The Morgan fingerprint density at radius 2 is 2.12 bits per heavy atom. The third-order valence-corrected chi connectivity index (χ3v) is 4.66. The largest absolute Gasteiger partial charge is 0.358 e. The van der Waals surface area contributed by atoms with Crippen LogP contribution in [0.1, 0.15) is 40.6 Å². The molecule has 1 aliphatic rings. The van der Waals surface area contributed by atoms with Crippen molar-refractivity contribution in [2.75, 3.05) is 6.54 Å². The van der Waals surface area contributed by atoms with Gasteiger partial charge in [0.15, 0.2) is 0 Å². The van der Waals surface area contributed by atoms with E-state index in [1.54, 1.807) is 6.20 Å². The third kappa shape index (κ3) is 2.95. The first-order valence-electron chi connectivity index (χ1n) is 8.56. The fourth-order valence-electron chi connectivity index (χ4n) is 3.26. The number of fused-ring (bicyclic) bond motifs is 1. The number of carbonyl (C=O) groups excluding carboxylic acids is 2. The number of hydrogen-bond acceptors (Lipinski definition) is 3. The molecule has 2 aromatic heterocycles. The first-order valence-corrected chi connectivity index (χ1v) is 8.56. The van der Waals surface area contributed by atoms with E-state index in [1.807, 2.05) is 37.4 Å². The molecule has 3 aromatic rings. The number of H-pyrrole nitrogens is 1. The summed E-state index contributed by atoms with van der Waals surface area (Å²) in [5, 5.41) is 3.52. The summed E-state index contributed by atoms with van der Waals surface area (Å²) in [7, 11) is 0. The standard InChI is InChI=1S/C19H20N4O2/c1-12-16(14-4-2-3-5-15(14)22-12)17(24)19(25)21-9-11-23-10-8-20-18(23)13-6-7-13/h2-5,8,10,13,22H,6-7,9,11H2,1H3,(H,21,25). The first-order chi connectivity index (χ1) is 12.1. The van der Waals surface area contributed by atoms with Gasteiger partial charge in [0.25, 0.3) is 11.7 Å². The van der Waals surface area contributed by atoms with Crippen molar-refractivity contribution >= 4 is 22.6 Å². The molecule has 0 bridgehead atoms. The Morgan fingerprint density at radius 3 is 2.92 bits per heavy atom. The summed E-state index contributed by atoms with van der Waals surface area (Å²) in [4.78, 5) is 32.4. The quantitative estimate of drug-likeness (QED) is 0.536. The molecule has 2 N–H and O–H groups in total. The molecule has 1 fully saturated rings. The molecule has 6 nitrogen and oxygen atoms in total. The number of aromatic amines is 1. The van der Waals surface area contributed by atoms with Crippen LogP contribution in [0, 0.1) is 6.92 Å². The number of aryl methyl sites for hydroxylation is 1. The summed E-state index contributed by atoms with van der Waals surface area (Å²) in [6.07, 6.45) is 6.07. The predicted molar refractivity (Wildman–Crippen MR) is 94.6 cm³/mol. The second kappa shape index (κ2) is 6.20. The highest BCUT2D eigenvalue weighted by Gasteiger charge is 2.28. The molecule has 0 radical (unpaired) electrons. The summed E-state index contributed by atoms with van der Waals surface area (Å²) in [5.74, 6) is 0.568. The van der Waals surface area contributed by atoms with Gasteiger partial charge in [0.05, 0.1) is 5.56 Å². The molecule has 0 saturated heterocycles. The van der Waals surface area contributed by atoms with E-state index in [0.717, 1.165) is 16.7 Å². The zero-order chi connectivity index (χ0) is 17.4. The monoisotopic (exact) mass is 336 g/mol. The fraction of sp³-hybridized carbons (Fsp3) is 0.316. The number of amides is 1. The van der Waals surface area contributed by atoms with Gasteiger partial charge in [0.1, 0.15) is 5.82 Å². The molecule has 0 unspecified atom stereocenters. The Bertz CT molecular complexity index is 949. The van der Waals surface area contributed by atoms with Crippen molar-refractivity contribution in [2.24, 2.45) is 0 Å². The molecule has 1 aromatic carbocycles. The molecule has 0 atom stereocenters. The van der Waals surface area contributed by atoms with Gasteiger partial charge in [-0.05, 0) is 25.8 Å². The summed E-state index contributed by atoms with van der Waals surface area (Å²) in [6, 6.07) is 7.51. The van der Waals surface area contributed by atoms with Crippen molar-refractivity contribution in [1.29, 1.82) is 0 Å². The molecule has 2 heterocycles. The van der Waals surface area contributed by atoms with Gasteiger partial charge in [-0.15, -0.1) is 0 Å². The minimum Gasteiger partial charge on any atom is -0.358 e. The van der Waals surface area contributed by atoms with Gasteiger partial charge < -0.3 is 14.9 Å². The molecular formula is C19H20N4O2. The number of aromatic nitrogens is 3. The minimum atomic E-state index is -0.569. The van der Waals surface area contributed by atoms with Crippen molar-refractivity contribution in [3.05, 3.63) is 53.7 Å². The maximum Gasteiger partial charge on any atom is 0.292 e. The maximum absolute atomic E-state index is 12.6. The van der Waals surface area contributed by atoms with Crippen LogP contribution in [0.25, 0.3) is 10.9 Å². The van der Waals surface area contributed by atoms with Gasteiger partial charge in [-0.25, -0.2) is 4.98 Å². The zero-order valence-corrected chi connectivity index (χ0v) is 14.1. The third-order valence-electron chi connectivity index (χ3n) is 4.66. The van der Waals surface area contributed by atoms with Crippen LogP contribution in [-0.4, -0.2) is 32.8 Å². The lowest BCUT2D eigenvalue weighted by Crippen LogP contribution is -2.33. The summed E-state index contributed by atoms with van der Waals surface area (Å²) in [5.41, 5.74) is 2.03. The molecule has 1 saturated carbocycles. The Morgan fingerprint density at radius 1 is 1.32 bits per heavy atom. The molecular weight excluding hydrogens is 316 g/mol. The van der Waals surface area contributed by atoms with Crippen LogP contribution < -0.4 is 5.32 Å². The van der Waals surface area contributed by atoms with E-state index in [-0.39, 0.29) is 0 Å². The second-order valence-electron chi connectivity index (χ2n) is 6.51. The average molecular weight is 336 g/mol. The van der Waals surface area contributed by atoms with Crippen LogP contribution in [0.5, 0.6) is 0 Å². The number of nitrogens with zero attached hydrogens (tertiary/aromatic N) is 2. The molecule has 0 aliphatic heterocycles. The van der Waals surface area contributed by atoms with Crippen molar-refractivity contribution < 1.29 is 9.59 Å². The van der Waals surface area contributed by atoms with Crippen LogP contribution in [0.15, 0.2) is 36.7 Å². The van der Waals surface area contributed by atoms with Crippen LogP contribution >= 0.6 is 0 Å². The van der Waals surface area contributed by atoms with Gasteiger partial charge in [-0.2, -0.15) is 0 Å². The predicted octanol–water partition coefficient (Wildman–Crippen LogP) is 2.55. The number of imidazole rings is 1. The lowest BCUT2D eigenvalue weighted by molar-refractivity contribution is -0.117. The zero-order valence-electron chi connectivity index (χ0n) is 14.1. The van der Waals surface area contributed by atoms with Crippen molar-refractivity contribution in [1.82, 2.24) is 19.9 Å². The second-order valence-corrected chi connectivity index (χ2v) is 6.51. The van der Waals surface area contributed by atoms with E-state index < -0.39 is 11.7 Å². The van der Waals surface area contributed by atoms with E-state index in [0.29, 0.717) is 30.3 Å². The van der Waals surface area contributed by atoms with Gasteiger partial charge in [0.2, 0.25) is 0 Å². The molecule has 25 heavy (non-hydrogen) atoms. The number of carbonyl (C=O) groups is 2. The smallest absolute Gasteiger partial charge is 0.292 e. The normalized spacial score (nSPS) is 14.0. The number of rotatable bonds is 6. The highest BCUT2D eigenvalue weighted by molar-refractivity contribution is 6.45. The topological polar surface area (TPSA) is 79.8 Å². The van der Waals surface area contributed by atoms with E-state index in [9.17, 15) is 9.59 Å². The maximum atomic E-state index is 12.6. The van der Waals surface area contributed by atoms with E-state index in [4.69, 9.17) is 0 Å². The van der Waals surface area contributed by atoms with Gasteiger partial charge in [-0.1, -0.05) is 18.2 Å². The molecule has 6 heteroatoms. The Labute approximate surface area is 145 Å². The number of nitrogens with one attached hydrogen (secondary N) is 2. The van der Waals surface area contributed by atoms with Crippen LogP contribution in [0.4, 0.5) is 0 Å². The lowest BCUT2D eigenvalue weighted by Gasteiger charge is -2.08. The summed E-state index contributed by atoms with van der Waals surface area (Å²) >= 11 is 0. The molecule has 1 amide bonds. The highest BCUT2D eigenvalue weighted by Crippen LogP contribution is 2.38. The number of benzene rings is 1. The SMILES string of the molecule is Cc1[nH]c2ccccc2c1C(=O)C(=O)NCCn1ccnc1C1CC1. The Balaban J connectivity index is 1.43. The summed E-state index contributed by atoms with van der Waals surface area (Å²) < 4.78 is 2.05. The fourth-order valence-corrected chi connectivity index (χ4v) is 3.26. The number of para-hydroxylation sites is 1. The van der Waals surface area contributed by atoms with E-state index >= 15 is 0 Å². The van der Waals surface area contributed by atoms with Crippen molar-refractivity contribution in [3.8, 4) is 0 Å². The van der Waals surface area contributed by atoms with Crippen LogP contribution in [0.2, 0.25) is 0 Å². The average Bonchev–Trinajstić information content (AvgIpc) is 3.25. The molecule has 0 spiro atoms. The van der Waals surface area contributed by atoms with Crippen molar-refractivity contribution in [2.45, 2.75) is 32.2 Å².